The molecular formula is C9H9N3O. The lowest BCUT2D eigenvalue weighted by Gasteiger charge is -1.93. The standard InChI is InChI=1S/C9H9N3O/c10-4-2-1-3-7-5-8(11)9(13)12-6-7/h1,3,5-6H,2,11H2,(H,12,13). The van der Waals surface area contributed by atoms with Crippen LogP contribution in [0.1, 0.15) is 12.0 Å². The molecule has 1 heterocycles. The molecule has 3 N–H and O–H groups in total. The van der Waals surface area contributed by atoms with Gasteiger partial charge in [-0.15, -0.1) is 0 Å². The summed E-state index contributed by atoms with van der Waals surface area (Å²) in [6.07, 6.45) is 5.33. The van der Waals surface area contributed by atoms with Crippen molar-refractivity contribution in [2.75, 3.05) is 5.73 Å². The van der Waals surface area contributed by atoms with Gasteiger partial charge in [0, 0.05) is 6.20 Å². The molecule has 0 saturated heterocycles. The number of nitriles is 1. The lowest BCUT2D eigenvalue weighted by Crippen LogP contribution is -2.10. The molecule has 1 aromatic heterocycles. The van der Waals surface area contributed by atoms with Crippen LogP contribution in [-0.2, 0) is 0 Å². The van der Waals surface area contributed by atoms with Crippen LogP contribution >= 0.6 is 0 Å². The molecule has 0 fully saturated rings. The largest absolute Gasteiger partial charge is 0.394 e. The Labute approximate surface area is 75.3 Å². The maximum atomic E-state index is 10.8. The molecule has 13 heavy (non-hydrogen) atoms. The zero-order chi connectivity index (χ0) is 9.68. The minimum atomic E-state index is -0.294. The van der Waals surface area contributed by atoms with E-state index in [0.29, 0.717) is 6.42 Å². The summed E-state index contributed by atoms with van der Waals surface area (Å²) in [5.74, 6) is 0. The highest BCUT2D eigenvalue weighted by molar-refractivity contribution is 5.53. The topological polar surface area (TPSA) is 82.7 Å². The van der Waals surface area contributed by atoms with Crippen molar-refractivity contribution in [1.29, 1.82) is 5.26 Å². The number of pyridine rings is 1. The summed E-state index contributed by atoms with van der Waals surface area (Å²) in [6.45, 7) is 0. The Morgan fingerprint density at radius 2 is 2.46 bits per heavy atom. The SMILES string of the molecule is N#CCC=Cc1c[nH]c(=O)c(N)c1. The maximum absolute atomic E-state index is 10.8. The van der Waals surface area contributed by atoms with E-state index in [1.54, 1.807) is 24.4 Å². The number of aromatic nitrogens is 1. The highest BCUT2D eigenvalue weighted by Gasteiger charge is 1.92. The van der Waals surface area contributed by atoms with Crippen molar-refractivity contribution in [3.63, 3.8) is 0 Å². The van der Waals surface area contributed by atoms with E-state index in [1.807, 2.05) is 6.07 Å². The molecule has 0 unspecified atom stereocenters. The van der Waals surface area contributed by atoms with Gasteiger partial charge in [-0.05, 0) is 11.6 Å². The smallest absolute Gasteiger partial charge is 0.271 e. The van der Waals surface area contributed by atoms with Gasteiger partial charge in [0.15, 0.2) is 0 Å². The molecule has 4 nitrogen and oxygen atoms in total. The predicted molar refractivity (Wildman–Crippen MR) is 50.7 cm³/mol. The quantitative estimate of drug-likeness (QED) is 0.700. The van der Waals surface area contributed by atoms with E-state index in [-0.39, 0.29) is 11.2 Å². The highest BCUT2D eigenvalue weighted by atomic mass is 16.1. The third-order valence-corrected chi connectivity index (χ3v) is 1.47. The van der Waals surface area contributed by atoms with E-state index < -0.39 is 0 Å². The van der Waals surface area contributed by atoms with Gasteiger partial charge < -0.3 is 10.7 Å². The zero-order valence-electron chi connectivity index (χ0n) is 6.95. The molecule has 0 atom stereocenters. The fourth-order valence-electron chi connectivity index (χ4n) is 0.863. The summed E-state index contributed by atoms with van der Waals surface area (Å²) in [7, 11) is 0. The molecule has 0 aliphatic heterocycles. The molecule has 0 saturated carbocycles. The van der Waals surface area contributed by atoms with Crippen molar-refractivity contribution in [2.45, 2.75) is 6.42 Å². The Kier molecular flexibility index (Phi) is 2.87. The van der Waals surface area contributed by atoms with E-state index in [0.717, 1.165) is 5.56 Å². The molecule has 0 aliphatic rings. The Hall–Kier alpha value is -2.02. The number of hydrogen-bond donors (Lipinski definition) is 2. The first-order valence-corrected chi connectivity index (χ1v) is 3.75. The van der Waals surface area contributed by atoms with Crippen molar-refractivity contribution in [1.82, 2.24) is 4.98 Å². The molecule has 1 aromatic rings. The first kappa shape index (κ1) is 9.07. The molecule has 0 aromatic carbocycles. The number of nitrogens with two attached hydrogens (primary N) is 1. The van der Waals surface area contributed by atoms with Crippen molar-refractivity contribution in [3.8, 4) is 6.07 Å². The number of H-pyrrole nitrogens is 1. The Bertz CT molecular complexity index is 412. The van der Waals surface area contributed by atoms with Gasteiger partial charge in [-0.25, -0.2) is 0 Å². The summed E-state index contributed by atoms with van der Waals surface area (Å²) in [5.41, 5.74) is 6.05. The van der Waals surface area contributed by atoms with Gasteiger partial charge in [0.2, 0.25) is 0 Å². The summed E-state index contributed by atoms with van der Waals surface area (Å²) >= 11 is 0. The van der Waals surface area contributed by atoms with Gasteiger partial charge in [0.1, 0.15) is 0 Å². The van der Waals surface area contributed by atoms with Crippen molar-refractivity contribution >= 4 is 11.8 Å². The molecule has 4 heteroatoms. The van der Waals surface area contributed by atoms with Gasteiger partial charge in [-0.1, -0.05) is 12.2 Å². The lowest BCUT2D eigenvalue weighted by atomic mass is 10.2. The maximum Gasteiger partial charge on any atom is 0.271 e. The zero-order valence-corrected chi connectivity index (χ0v) is 6.95. The summed E-state index contributed by atoms with van der Waals surface area (Å²) in [6, 6.07) is 3.54. The van der Waals surface area contributed by atoms with Crippen LogP contribution in [0.4, 0.5) is 5.69 Å². The second kappa shape index (κ2) is 4.12. The molecule has 0 radical (unpaired) electrons. The van der Waals surface area contributed by atoms with Crippen LogP contribution in [0, 0.1) is 11.3 Å². The first-order chi connectivity index (χ1) is 6.24. The highest BCUT2D eigenvalue weighted by Crippen LogP contribution is 2.02. The minimum Gasteiger partial charge on any atom is -0.394 e. The van der Waals surface area contributed by atoms with E-state index in [4.69, 9.17) is 11.0 Å². The van der Waals surface area contributed by atoms with E-state index in [2.05, 4.69) is 4.98 Å². The third-order valence-electron chi connectivity index (χ3n) is 1.47. The van der Waals surface area contributed by atoms with Crippen molar-refractivity contribution < 1.29 is 0 Å². The number of nitrogens with zero attached hydrogens (tertiary/aromatic N) is 1. The number of nitrogens with one attached hydrogen (secondary N) is 1. The molecule has 66 valence electrons. The van der Waals surface area contributed by atoms with E-state index in [9.17, 15) is 4.79 Å². The summed E-state index contributed by atoms with van der Waals surface area (Å²) in [4.78, 5) is 13.3. The van der Waals surface area contributed by atoms with Gasteiger partial charge in [-0.2, -0.15) is 5.26 Å². The molecule has 0 amide bonds. The fraction of sp³-hybridized carbons (Fsp3) is 0.111. The van der Waals surface area contributed by atoms with Crippen LogP contribution in [0.3, 0.4) is 0 Å². The molecule has 0 spiro atoms. The summed E-state index contributed by atoms with van der Waals surface area (Å²) < 4.78 is 0. The molecule has 0 aliphatic carbocycles. The van der Waals surface area contributed by atoms with Gasteiger partial charge >= 0.3 is 0 Å². The van der Waals surface area contributed by atoms with Crippen molar-refractivity contribution in [3.05, 3.63) is 34.3 Å². The number of hydrogen-bond acceptors (Lipinski definition) is 3. The van der Waals surface area contributed by atoms with Crippen LogP contribution in [0.15, 0.2) is 23.1 Å². The number of anilines is 1. The van der Waals surface area contributed by atoms with E-state index >= 15 is 0 Å². The predicted octanol–water partition coefficient (Wildman–Crippen LogP) is 0.884. The fourth-order valence-corrected chi connectivity index (χ4v) is 0.863. The molecular weight excluding hydrogens is 166 g/mol. The van der Waals surface area contributed by atoms with Gasteiger partial charge in [-0.3, -0.25) is 4.79 Å². The number of nitrogen functional groups attached to an aromatic ring is 1. The average Bonchev–Trinajstić information content (AvgIpc) is 2.12. The third kappa shape index (κ3) is 2.49. The Morgan fingerprint density at radius 3 is 3.08 bits per heavy atom. The van der Waals surface area contributed by atoms with Gasteiger partial charge in [0.25, 0.3) is 5.56 Å². The number of aromatic amines is 1. The monoisotopic (exact) mass is 175 g/mol. The second-order valence-corrected chi connectivity index (χ2v) is 2.48. The van der Waals surface area contributed by atoms with Crippen LogP contribution in [0.2, 0.25) is 0 Å². The van der Waals surface area contributed by atoms with E-state index in [1.165, 1.54) is 0 Å². The average molecular weight is 175 g/mol. The molecule has 0 bridgehead atoms. The molecule has 1 rings (SSSR count). The number of allylic oxidation sites excluding steroid dienone is 1. The van der Waals surface area contributed by atoms with Crippen LogP contribution in [-0.4, -0.2) is 4.98 Å². The second-order valence-electron chi connectivity index (χ2n) is 2.48. The van der Waals surface area contributed by atoms with Gasteiger partial charge in [0.05, 0.1) is 18.2 Å². The summed E-state index contributed by atoms with van der Waals surface area (Å²) in [5, 5.41) is 8.26. The van der Waals surface area contributed by atoms with Crippen molar-refractivity contribution in [2.24, 2.45) is 0 Å². The minimum absolute atomic E-state index is 0.180. The normalized spacial score (nSPS) is 10.1. The first-order valence-electron chi connectivity index (χ1n) is 3.75. The van der Waals surface area contributed by atoms with Crippen LogP contribution in [0.25, 0.3) is 6.08 Å². The number of rotatable bonds is 2. The van der Waals surface area contributed by atoms with Crippen LogP contribution < -0.4 is 11.3 Å². The lowest BCUT2D eigenvalue weighted by molar-refractivity contribution is 1.23. The Morgan fingerprint density at radius 1 is 1.69 bits per heavy atom. The van der Waals surface area contributed by atoms with Crippen LogP contribution in [0.5, 0.6) is 0 Å². The Balaban J connectivity index is 2.87.